The van der Waals surface area contributed by atoms with Crippen LogP contribution in [-0.2, 0) is 13.2 Å². The molecule has 0 unspecified atom stereocenters. The highest BCUT2D eigenvalue weighted by molar-refractivity contribution is 7.13. The first-order valence-corrected chi connectivity index (χ1v) is 10.4. The topological polar surface area (TPSA) is 68.5 Å². The van der Waals surface area contributed by atoms with Crippen LogP contribution in [0.1, 0.15) is 21.8 Å². The molecule has 8 heteroatoms. The summed E-state index contributed by atoms with van der Waals surface area (Å²) in [5.41, 5.74) is 1.38. The van der Waals surface area contributed by atoms with Crippen LogP contribution in [0, 0.1) is 0 Å². The minimum Gasteiger partial charge on any atom is -0.488 e. The number of nitrogens with zero attached hydrogens (tertiary/aromatic N) is 3. The smallest absolute Gasteiger partial charge is 0.257 e. The standard InChI is InChI=1S/C22H18ClN3O3S/c1-26(13-20-24-21(25-29-20)19-8-5-11-30-19)22(27)17-12-16(23)9-10-18(17)28-14-15-6-3-2-4-7-15/h2-12H,13-14H2,1H3. The summed E-state index contributed by atoms with van der Waals surface area (Å²) in [6, 6.07) is 18.6. The third kappa shape index (κ3) is 4.69. The van der Waals surface area contributed by atoms with Crippen LogP contribution < -0.4 is 4.74 Å². The van der Waals surface area contributed by atoms with E-state index in [0.717, 1.165) is 10.4 Å². The summed E-state index contributed by atoms with van der Waals surface area (Å²) < 4.78 is 11.2. The summed E-state index contributed by atoms with van der Waals surface area (Å²) in [5.74, 6) is 1.07. The third-order valence-electron chi connectivity index (χ3n) is 4.34. The third-order valence-corrected chi connectivity index (χ3v) is 5.44. The van der Waals surface area contributed by atoms with Crippen molar-refractivity contribution >= 4 is 28.8 Å². The number of benzene rings is 2. The van der Waals surface area contributed by atoms with Crippen LogP contribution in [-0.4, -0.2) is 28.0 Å². The molecular weight excluding hydrogens is 422 g/mol. The zero-order chi connectivity index (χ0) is 20.9. The maximum absolute atomic E-state index is 13.1. The minimum atomic E-state index is -0.253. The number of ether oxygens (including phenoxy) is 1. The Bertz CT molecular complexity index is 1130. The largest absolute Gasteiger partial charge is 0.488 e. The van der Waals surface area contributed by atoms with E-state index in [1.807, 2.05) is 47.8 Å². The van der Waals surface area contributed by atoms with Gasteiger partial charge in [0.1, 0.15) is 18.9 Å². The van der Waals surface area contributed by atoms with E-state index in [-0.39, 0.29) is 12.5 Å². The highest BCUT2D eigenvalue weighted by atomic mass is 35.5. The van der Waals surface area contributed by atoms with Crippen molar-refractivity contribution in [3.05, 3.63) is 88.1 Å². The van der Waals surface area contributed by atoms with Crippen molar-refractivity contribution in [3.8, 4) is 16.5 Å². The molecule has 30 heavy (non-hydrogen) atoms. The molecule has 0 saturated heterocycles. The molecule has 0 saturated carbocycles. The molecule has 2 aromatic carbocycles. The van der Waals surface area contributed by atoms with E-state index >= 15 is 0 Å². The summed E-state index contributed by atoms with van der Waals surface area (Å²) in [6.07, 6.45) is 0. The van der Waals surface area contributed by atoms with E-state index in [0.29, 0.717) is 34.7 Å². The number of carbonyl (C=O) groups is 1. The van der Waals surface area contributed by atoms with Crippen molar-refractivity contribution in [3.63, 3.8) is 0 Å². The molecule has 0 N–H and O–H groups in total. The molecule has 1 amide bonds. The van der Waals surface area contributed by atoms with Crippen LogP contribution in [0.4, 0.5) is 0 Å². The minimum absolute atomic E-state index is 0.168. The van der Waals surface area contributed by atoms with Gasteiger partial charge in [-0.05, 0) is 35.2 Å². The first kappa shape index (κ1) is 20.1. The number of carbonyl (C=O) groups excluding carboxylic acids is 1. The van der Waals surface area contributed by atoms with Crippen LogP contribution in [0.3, 0.4) is 0 Å². The fraction of sp³-hybridized carbons (Fsp3) is 0.136. The Hall–Kier alpha value is -3.16. The molecule has 0 aliphatic heterocycles. The first-order chi connectivity index (χ1) is 14.6. The molecule has 152 valence electrons. The summed E-state index contributed by atoms with van der Waals surface area (Å²) in [7, 11) is 1.67. The Morgan fingerprint density at radius 1 is 1.17 bits per heavy atom. The molecule has 0 aliphatic rings. The van der Waals surface area contributed by atoms with Gasteiger partial charge in [-0.15, -0.1) is 11.3 Å². The van der Waals surface area contributed by atoms with E-state index in [1.54, 1.807) is 25.2 Å². The number of hydrogen-bond acceptors (Lipinski definition) is 6. The number of thiophene rings is 1. The Morgan fingerprint density at radius 2 is 2.00 bits per heavy atom. The lowest BCUT2D eigenvalue weighted by Gasteiger charge is -2.18. The van der Waals surface area contributed by atoms with Gasteiger partial charge in [0.15, 0.2) is 0 Å². The van der Waals surface area contributed by atoms with Crippen molar-refractivity contribution in [2.45, 2.75) is 13.2 Å². The van der Waals surface area contributed by atoms with E-state index < -0.39 is 0 Å². The second-order valence-electron chi connectivity index (χ2n) is 6.56. The van der Waals surface area contributed by atoms with Crippen molar-refractivity contribution < 1.29 is 14.1 Å². The van der Waals surface area contributed by atoms with Gasteiger partial charge in [0.2, 0.25) is 11.7 Å². The second-order valence-corrected chi connectivity index (χ2v) is 7.95. The van der Waals surface area contributed by atoms with Gasteiger partial charge < -0.3 is 14.2 Å². The average Bonchev–Trinajstić information content (AvgIpc) is 3.45. The van der Waals surface area contributed by atoms with E-state index in [9.17, 15) is 4.79 Å². The first-order valence-electron chi connectivity index (χ1n) is 9.18. The van der Waals surface area contributed by atoms with E-state index in [1.165, 1.54) is 16.2 Å². The molecule has 0 radical (unpaired) electrons. The van der Waals surface area contributed by atoms with E-state index in [4.69, 9.17) is 20.9 Å². The molecule has 6 nitrogen and oxygen atoms in total. The molecule has 0 atom stereocenters. The van der Waals surface area contributed by atoms with Crippen LogP contribution in [0.2, 0.25) is 5.02 Å². The number of aromatic nitrogens is 2. The average molecular weight is 440 g/mol. The maximum atomic E-state index is 13.1. The van der Waals surface area contributed by atoms with Crippen molar-refractivity contribution in [1.29, 1.82) is 0 Å². The molecule has 2 heterocycles. The molecule has 0 fully saturated rings. The molecular formula is C22H18ClN3O3S. The Balaban J connectivity index is 1.48. The Labute approximate surface area is 182 Å². The van der Waals surface area contributed by atoms with Gasteiger partial charge in [0.25, 0.3) is 5.91 Å². The SMILES string of the molecule is CN(Cc1nc(-c2cccs2)no1)C(=O)c1cc(Cl)ccc1OCc1ccccc1. The Kier molecular flexibility index (Phi) is 6.11. The number of halogens is 1. The van der Waals surface area contributed by atoms with Crippen molar-refractivity contribution in [2.24, 2.45) is 0 Å². The van der Waals surface area contributed by atoms with Gasteiger partial charge in [-0.25, -0.2) is 0 Å². The van der Waals surface area contributed by atoms with Gasteiger partial charge in [-0.3, -0.25) is 4.79 Å². The lowest BCUT2D eigenvalue weighted by molar-refractivity contribution is 0.0764. The van der Waals surface area contributed by atoms with Gasteiger partial charge in [0.05, 0.1) is 10.4 Å². The van der Waals surface area contributed by atoms with Crippen LogP contribution in [0.5, 0.6) is 5.75 Å². The summed E-state index contributed by atoms with van der Waals surface area (Å²) in [5, 5.41) is 6.38. The van der Waals surface area contributed by atoms with Gasteiger partial charge in [-0.1, -0.05) is 53.2 Å². The highest BCUT2D eigenvalue weighted by Gasteiger charge is 2.20. The lowest BCUT2D eigenvalue weighted by atomic mass is 10.1. The summed E-state index contributed by atoms with van der Waals surface area (Å²) in [4.78, 5) is 19.8. The number of amides is 1. The zero-order valence-electron chi connectivity index (χ0n) is 16.1. The number of hydrogen-bond donors (Lipinski definition) is 0. The van der Waals surface area contributed by atoms with E-state index in [2.05, 4.69) is 10.1 Å². The van der Waals surface area contributed by atoms with Crippen molar-refractivity contribution in [1.82, 2.24) is 15.0 Å². The fourth-order valence-corrected chi connectivity index (χ4v) is 3.66. The molecule has 2 aromatic heterocycles. The quantitative estimate of drug-likeness (QED) is 0.390. The van der Waals surface area contributed by atoms with Gasteiger partial charge in [0, 0.05) is 12.1 Å². The van der Waals surface area contributed by atoms with Gasteiger partial charge in [-0.2, -0.15) is 4.98 Å². The Morgan fingerprint density at radius 3 is 2.77 bits per heavy atom. The number of rotatable bonds is 7. The summed E-state index contributed by atoms with van der Waals surface area (Å²) in [6.45, 7) is 0.516. The summed E-state index contributed by atoms with van der Waals surface area (Å²) >= 11 is 7.66. The second kappa shape index (κ2) is 9.11. The predicted octanol–water partition coefficient (Wildman–Crippen LogP) is 5.30. The maximum Gasteiger partial charge on any atom is 0.257 e. The highest BCUT2D eigenvalue weighted by Crippen LogP contribution is 2.26. The predicted molar refractivity (Wildman–Crippen MR) is 116 cm³/mol. The van der Waals surface area contributed by atoms with Crippen molar-refractivity contribution in [2.75, 3.05) is 7.05 Å². The lowest BCUT2D eigenvalue weighted by Crippen LogP contribution is -2.27. The molecule has 0 spiro atoms. The van der Waals surface area contributed by atoms with Crippen LogP contribution in [0.15, 0.2) is 70.6 Å². The molecule has 4 rings (SSSR count). The fourth-order valence-electron chi connectivity index (χ4n) is 2.84. The normalized spacial score (nSPS) is 10.7. The molecule has 0 aliphatic carbocycles. The molecule has 4 aromatic rings. The van der Waals surface area contributed by atoms with Gasteiger partial charge >= 0.3 is 0 Å². The monoisotopic (exact) mass is 439 g/mol. The molecule has 0 bridgehead atoms. The van der Waals surface area contributed by atoms with Crippen LogP contribution in [0.25, 0.3) is 10.7 Å². The zero-order valence-corrected chi connectivity index (χ0v) is 17.7. The van der Waals surface area contributed by atoms with Crippen LogP contribution >= 0.6 is 22.9 Å².